The standard InChI is InChI=1S/C14H11N5O/c15-14-17-8-5-11(19-14)13-12(20)2-1-10(18-13)9-3-6-16-7-4-9/h1-8,20H,(H2,15,17,19). The van der Waals surface area contributed by atoms with Gasteiger partial charge in [-0.25, -0.2) is 15.0 Å². The second-order valence-electron chi connectivity index (χ2n) is 4.10. The highest BCUT2D eigenvalue weighted by atomic mass is 16.3. The van der Waals surface area contributed by atoms with Crippen LogP contribution in [0.5, 0.6) is 5.75 Å². The second-order valence-corrected chi connectivity index (χ2v) is 4.10. The van der Waals surface area contributed by atoms with Crippen LogP contribution in [-0.2, 0) is 0 Å². The van der Waals surface area contributed by atoms with Gasteiger partial charge < -0.3 is 10.8 Å². The SMILES string of the molecule is Nc1nccc(-c2nc(-c3ccncc3)ccc2O)n1. The van der Waals surface area contributed by atoms with Crippen molar-refractivity contribution in [3.8, 4) is 28.4 Å². The second kappa shape index (κ2) is 4.93. The fourth-order valence-electron chi connectivity index (χ4n) is 1.83. The molecule has 6 heteroatoms. The number of rotatable bonds is 2. The van der Waals surface area contributed by atoms with Crippen LogP contribution in [0.4, 0.5) is 5.95 Å². The predicted molar refractivity (Wildman–Crippen MR) is 74.6 cm³/mol. The van der Waals surface area contributed by atoms with Crippen molar-refractivity contribution in [1.82, 2.24) is 19.9 Å². The van der Waals surface area contributed by atoms with Crippen LogP contribution in [0.3, 0.4) is 0 Å². The van der Waals surface area contributed by atoms with Crippen molar-refractivity contribution >= 4 is 5.95 Å². The molecular weight excluding hydrogens is 254 g/mol. The van der Waals surface area contributed by atoms with Crippen LogP contribution < -0.4 is 5.73 Å². The zero-order valence-electron chi connectivity index (χ0n) is 10.4. The number of anilines is 1. The minimum atomic E-state index is 0.0425. The number of hydrogen-bond donors (Lipinski definition) is 2. The zero-order valence-corrected chi connectivity index (χ0v) is 10.4. The van der Waals surface area contributed by atoms with E-state index in [0.29, 0.717) is 11.4 Å². The molecule has 0 aromatic carbocycles. The van der Waals surface area contributed by atoms with Gasteiger partial charge in [0.25, 0.3) is 0 Å². The lowest BCUT2D eigenvalue weighted by Gasteiger charge is -2.06. The van der Waals surface area contributed by atoms with Gasteiger partial charge >= 0.3 is 0 Å². The van der Waals surface area contributed by atoms with Crippen LogP contribution in [-0.4, -0.2) is 25.0 Å². The van der Waals surface area contributed by atoms with E-state index >= 15 is 0 Å². The van der Waals surface area contributed by atoms with E-state index < -0.39 is 0 Å². The van der Waals surface area contributed by atoms with E-state index in [0.717, 1.165) is 11.3 Å². The Morgan fingerprint density at radius 2 is 1.65 bits per heavy atom. The maximum absolute atomic E-state index is 9.95. The Labute approximate surface area is 115 Å². The molecule has 0 aliphatic carbocycles. The summed E-state index contributed by atoms with van der Waals surface area (Å²) in [7, 11) is 0. The van der Waals surface area contributed by atoms with E-state index in [4.69, 9.17) is 5.73 Å². The van der Waals surface area contributed by atoms with Gasteiger partial charge in [-0.3, -0.25) is 4.98 Å². The number of nitrogens with two attached hydrogens (primary N) is 1. The minimum Gasteiger partial charge on any atom is -0.506 e. The van der Waals surface area contributed by atoms with E-state index in [-0.39, 0.29) is 11.7 Å². The molecule has 3 aromatic rings. The van der Waals surface area contributed by atoms with Gasteiger partial charge in [0.15, 0.2) is 0 Å². The maximum Gasteiger partial charge on any atom is 0.220 e. The first-order chi connectivity index (χ1) is 9.74. The molecule has 0 fully saturated rings. The first-order valence-electron chi connectivity index (χ1n) is 5.93. The third-order valence-corrected chi connectivity index (χ3v) is 2.77. The molecule has 0 saturated heterocycles. The van der Waals surface area contributed by atoms with E-state index in [1.54, 1.807) is 30.6 Å². The molecule has 0 aliphatic heterocycles. The van der Waals surface area contributed by atoms with E-state index in [2.05, 4.69) is 19.9 Å². The molecule has 0 saturated carbocycles. The lowest BCUT2D eigenvalue weighted by Crippen LogP contribution is -1.97. The van der Waals surface area contributed by atoms with Crippen LogP contribution in [0, 0.1) is 0 Å². The first-order valence-corrected chi connectivity index (χ1v) is 5.93. The number of hydrogen-bond acceptors (Lipinski definition) is 6. The molecule has 3 rings (SSSR count). The molecule has 6 nitrogen and oxygen atoms in total. The fraction of sp³-hybridized carbons (Fsp3) is 0. The van der Waals surface area contributed by atoms with Gasteiger partial charge in [0.2, 0.25) is 5.95 Å². The van der Waals surface area contributed by atoms with E-state index in [1.165, 1.54) is 6.20 Å². The number of aromatic hydroxyl groups is 1. The fourth-order valence-corrected chi connectivity index (χ4v) is 1.83. The molecule has 0 unspecified atom stereocenters. The molecular formula is C14H11N5O. The Hall–Kier alpha value is -3.02. The summed E-state index contributed by atoms with van der Waals surface area (Å²) in [6.07, 6.45) is 4.90. The normalized spacial score (nSPS) is 10.4. The average Bonchev–Trinajstić information content (AvgIpc) is 2.48. The molecule has 0 bridgehead atoms. The van der Waals surface area contributed by atoms with Crippen molar-refractivity contribution in [1.29, 1.82) is 0 Å². The van der Waals surface area contributed by atoms with Gasteiger partial charge in [0.1, 0.15) is 11.4 Å². The summed E-state index contributed by atoms with van der Waals surface area (Å²) >= 11 is 0. The smallest absolute Gasteiger partial charge is 0.220 e. The molecule has 0 aliphatic rings. The summed E-state index contributed by atoms with van der Waals surface area (Å²) in [5, 5.41) is 9.95. The number of nitrogens with zero attached hydrogens (tertiary/aromatic N) is 4. The quantitative estimate of drug-likeness (QED) is 0.734. The summed E-state index contributed by atoms with van der Waals surface area (Å²) in [5.41, 5.74) is 8.03. The number of aromatic nitrogens is 4. The van der Waals surface area contributed by atoms with Gasteiger partial charge in [0.05, 0.1) is 11.4 Å². The van der Waals surface area contributed by atoms with Gasteiger partial charge in [0, 0.05) is 24.2 Å². The van der Waals surface area contributed by atoms with E-state index in [9.17, 15) is 5.11 Å². The molecule has 0 amide bonds. The molecule has 3 N–H and O–H groups in total. The Kier molecular flexibility index (Phi) is 2.96. The highest BCUT2D eigenvalue weighted by Crippen LogP contribution is 2.28. The monoisotopic (exact) mass is 265 g/mol. The highest BCUT2D eigenvalue weighted by Gasteiger charge is 2.10. The molecule has 20 heavy (non-hydrogen) atoms. The zero-order chi connectivity index (χ0) is 13.9. The van der Waals surface area contributed by atoms with Crippen molar-refractivity contribution in [2.24, 2.45) is 0 Å². The maximum atomic E-state index is 9.95. The average molecular weight is 265 g/mol. The molecule has 0 atom stereocenters. The van der Waals surface area contributed by atoms with Gasteiger partial charge in [-0.1, -0.05) is 0 Å². The van der Waals surface area contributed by atoms with Crippen molar-refractivity contribution < 1.29 is 5.11 Å². The molecule has 0 spiro atoms. The van der Waals surface area contributed by atoms with Gasteiger partial charge in [-0.15, -0.1) is 0 Å². The molecule has 3 aromatic heterocycles. The van der Waals surface area contributed by atoms with Crippen LogP contribution >= 0.6 is 0 Å². The lowest BCUT2D eigenvalue weighted by atomic mass is 10.1. The Morgan fingerprint density at radius 3 is 2.40 bits per heavy atom. The van der Waals surface area contributed by atoms with Crippen molar-refractivity contribution in [2.45, 2.75) is 0 Å². The van der Waals surface area contributed by atoms with Gasteiger partial charge in [-0.2, -0.15) is 0 Å². The van der Waals surface area contributed by atoms with Crippen LogP contribution in [0.25, 0.3) is 22.6 Å². The third kappa shape index (κ3) is 2.26. The van der Waals surface area contributed by atoms with Crippen LogP contribution in [0.1, 0.15) is 0 Å². The van der Waals surface area contributed by atoms with E-state index in [1.807, 2.05) is 12.1 Å². The predicted octanol–water partition coefficient (Wildman–Crippen LogP) is 1.89. The van der Waals surface area contributed by atoms with Gasteiger partial charge in [-0.05, 0) is 30.3 Å². The Balaban J connectivity index is 2.12. The summed E-state index contributed by atoms with van der Waals surface area (Å²) in [5.74, 6) is 0.180. The summed E-state index contributed by atoms with van der Waals surface area (Å²) in [4.78, 5) is 16.3. The largest absolute Gasteiger partial charge is 0.506 e. The lowest BCUT2D eigenvalue weighted by molar-refractivity contribution is 0.475. The minimum absolute atomic E-state index is 0.0425. The molecule has 0 radical (unpaired) electrons. The van der Waals surface area contributed by atoms with Crippen molar-refractivity contribution in [3.05, 3.63) is 48.9 Å². The first kappa shape index (κ1) is 12.0. The Bertz CT molecular complexity index is 746. The molecule has 3 heterocycles. The summed E-state index contributed by atoms with van der Waals surface area (Å²) in [6.45, 7) is 0. The third-order valence-electron chi connectivity index (χ3n) is 2.77. The van der Waals surface area contributed by atoms with Crippen LogP contribution in [0.2, 0.25) is 0 Å². The topological polar surface area (TPSA) is 97.8 Å². The Morgan fingerprint density at radius 1 is 0.850 bits per heavy atom. The summed E-state index contributed by atoms with van der Waals surface area (Å²) < 4.78 is 0. The number of pyridine rings is 2. The highest BCUT2D eigenvalue weighted by molar-refractivity contribution is 5.68. The van der Waals surface area contributed by atoms with Crippen LogP contribution in [0.15, 0.2) is 48.9 Å². The number of nitrogen functional groups attached to an aromatic ring is 1. The molecule has 98 valence electrons. The van der Waals surface area contributed by atoms with Crippen molar-refractivity contribution in [2.75, 3.05) is 5.73 Å². The summed E-state index contributed by atoms with van der Waals surface area (Å²) in [6, 6.07) is 8.65. The van der Waals surface area contributed by atoms with Crippen molar-refractivity contribution in [3.63, 3.8) is 0 Å².